The average Bonchev–Trinajstić information content (AvgIpc) is 3.02. The van der Waals surface area contributed by atoms with E-state index in [2.05, 4.69) is 44.4 Å². The number of benzene rings is 1. The van der Waals surface area contributed by atoms with Gasteiger partial charge in [0.1, 0.15) is 0 Å². The molecule has 3 rings (SSSR count). The Morgan fingerprint density at radius 3 is 2.55 bits per heavy atom. The maximum Gasteiger partial charge on any atom is 0.0872 e. The van der Waals surface area contributed by atoms with E-state index < -0.39 is 0 Å². The molecule has 0 saturated carbocycles. The Balaban J connectivity index is 2.12. The predicted molar refractivity (Wildman–Crippen MR) is 82.8 cm³/mol. The summed E-state index contributed by atoms with van der Waals surface area (Å²) in [6, 6.07) is 5.00. The molecule has 1 fully saturated rings. The largest absolute Gasteiger partial charge is 0.309 e. The molecule has 0 amide bonds. The Hall–Kier alpha value is -1.61. The fourth-order valence-corrected chi connectivity index (χ4v) is 3.14. The minimum absolute atomic E-state index is 0.409. The van der Waals surface area contributed by atoms with E-state index in [4.69, 9.17) is 5.10 Å². The summed E-state index contributed by atoms with van der Waals surface area (Å²) in [5, 5.41) is 8.28. The van der Waals surface area contributed by atoms with Crippen LogP contribution in [0.1, 0.15) is 41.3 Å². The first-order valence-electron chi connectivity index (χ1n) is 7.41. The second kappa shape index (κ2) is 5.06. The molecular weight excluding hydrogens is 246 g/mol. The number of rotatable bonds is 2. The zero-order valence-corrected chi connectivity index (χ0v) is 12.8. The molecule has 0 bridgehead atoms. The van der Waals surface area contributed by atoms with Gasteiger partial charge >= 0.3 is 0 Å². The Labute approximate surface area is 121 Å². The van der Waals surface area contributed by atoms with Gasteiger partial charge in [0, 0.05) is 18.8 Å². The topological polar surface area (TPSA) is 29.9 Å². The smallest absolute Gasteiger partial charge is 0.0872 e. The van der Waals surface area contributed by atoms with Crippen LogP contribution < -0.4 is 5.32 Å². The number of hydrogen-bond donors (Lipinski definition) is 1. The van der Waals surface area contributed by atoms with Crippen molar-refractivity contribution in [2.75, 3.05) is 6.54 Å². The molecule has 0 spiro atoms. The van der Waals surface area contributed by atoms with Crippen LogP contribution in [-0.4, -0.2) is 16.3 Å². The Bertz CT molecular complexity index is 634. The van der Waals surface area contributed by atoms with Crippen LogP contribution in [0.5, 0.6) is 0 Å². The molecule has 1 aromatic heterocycles. The van der Waals surface area contributed by atoms with Crippen molar-refractivity contribution in [1.29, 1.82) is 0 Å². The van der Waals surface area contributed by atoms with Crippen LogP contribution >= 0.6 is 0 Å². The van der Waals surface area contributed by atoms with E-state index in [1.54, 1.807) is 0 Å². The first-order valence-corrected chi connectivity index (χ1v) is 7.41. The summed E-state index contributed by atoms with van der Waals surface area (Å²) in [6.45, 7) is 7.66. The van der Waals surface area contributed by atoms with Gasteiger partial charge in [0.25, 0.3) is 0 Å². The average molecular weight is 269 g/mol. The summed E-state index contributed by atoms with van der Waals surface area (Å²) in [6.07, 6.45) is 4.59. The van der Waals surface area contributed by atoms with Crippen LogP contribution in [-0.2, 0) is 7.05 Å². The third-order valence-corrected chi connectivity index (χ3v) is 4.38. The molecule has 1 saturated heterocycles. The maximum atomic E-state index is 4.72. The summed E-state index contributed by atoms with van der Waals surface area (Å²) >= 11 is 0. The molecule has 1 unspecified atom stereocenters. The zero-order chi connectivity index (χ0) is 14.3. The van der Waals surface area contributed by atoms with E-state index in [-0.39, 0.29) is 0 Å². The second-order valence-electron chi connectivity index (χ2n) is 6.00. The SMILES string of the molecule is Cc1cc(C)c(-c2cn(C)nc2C2CCCN2)cc1C. The van der Waals surface area contributed by atoms with Crippen LogP contribution in [0.4, 0.5) is 0 Å². The maximum absolute atomic E-state index is 4.72. The minimum Gasteiger partial charge on any atom is -0.309 e. The molecule has 1 aliphatic rings. The predicted octanol–water partition coefficient (Wildman–Crippen LogP) is 3.44. The molecule has 0 aliphatic carbocycles. The fraction of sp³-hybridized carbons (Fsp3) is 0.471. The summed E-state index contributed by atoms with van der Waals surface area (Å²) in [5.41, 5.74) is 7.85. The molecule has 1 N–H and O–H groups in total. The van der Waals surface area contributed by atoms with E-state index in [0.29, 0.717) is 6.04 Å². The lowest BCUT2D eigenvalue weighted by molar-refractivity contribution is 0.607. The van der Waals surface area contributed by atoms with Crippen molar-refractivity contribution in [2.45, 2.75) is 39.7 Å². The molecule has 20 heavy (non-hydrogen) atoms. The first kappa shape index (κ1) is 13.4. The van der Waals surface area contributed by atoms with E-state index in [1.165, 1.54) is 46.4 Å². The van der Waals surface area contributed by atoms with Gasteiger partial charge in [-0.25, -0.2) is 0 Å². The standard InChI is InChI=1S/C17H23N3/c1-11-8-13(3)14(9-12(11)2)15-10-20(4)19-17(15)16-6-5-7-18-16/h8-10,16,18H,5-7H2,1-4H3. The summed E-state index contributed by atoms with van der Waals surface area (Å²) in [4.78, 5) is 0. The highest BCUT2D eigenvalue weighted by Gasteiger charge is 2.23. The number of hydrogen-bond acceptors (Lipinski definition) is 2. The third-order valence-electron chi connectivity index (χ3n) is 4.38. The summed E-state index contributed by atoms with van der Waals surface area (Å²) in [7, 11) is 2.01. The van der Waals surface area contributed by atoms with Crippen molar-refractivity contribution in [3.63, 3.8) is 0 Å². The minimum atomic E-state index is 0.409. The molecule has 2 aromatic rings. The van der Waals surface area contributed by atoms with Crippen molar-refractivity contribution < 1.29 is 0 Å². The van der Waals surface area contributed by atoms with Gasteiger partial charge in [0.05, 0.1) is 11.7 Å². The van der Waals surface area contributed by atoms with Gasteiger partial charge in [-0.05, 0) is 62.4 Å². The lowest BCUT2D eigenvalue weighted by Crippen LogP contribution is -2.14. The monoisotopic (exact) mass is 269 g/mol. The van der Waals surface area contributed by atoms with Gasteiger partial charge in [0.2, 0.25) is 0 Å². The number of nitrogens with one attached hydrogen (secondary N) is 1. The van der Waals surface area contributed by atoms with Gasteiger partial charge in [0.15, 0.2) is 0 Å². The quantitative estimate of drug-likeness (QED) is 0.905. The highest BCUT2D eigenvalue weighted by atomic mass is 15.3. The van der Waals surface area contributed by atoms with Gasteiger partial charge in [-0.15, -0.1) is 0 Å². The highest BCUT2D eigenvalue weighted by molar-refractivity contribution is 5.70. The van der Waals surface area contributed by atoms with Gasteiger partial charge in [-0.1, -0.05) is 12.1 Å². The van der Waals surface area contributed by atoms with E-state index in [1.807, 2.05) is 11.7 Å². The Morgan fingerprint density at radius 2 is 1.85 bits per heavy atom. The van der Waals surface area contributed by atoms with E-state index >= 15 is 0 Å². The molecule has 3 heteroatoms. The molecule has 1 aliphatic heterocycles. The molecule has 3 nitrogen and oxygen atoms in total. The van der Waals surface area contributed by atoms with Crippen LogP contribution in [0.2, 0.25) is 0 Å². The Kier molecular flexibility index (Phi) is 3.38. The molecule has 2 heterocycles. The number of aromatic nitrogens is 2. The molecule has 1 aromatic carbocycles. The van der Waals surface area contributed by atoms with Crippen LogP contribution in [0.25, 0.3) is 11.1 Å². The zero-order valence-electron chi connectivity index (χ0n) is 12.8. The van der Waals surface area contributed by atoms with Crippen LogP contribution in [0.3, 0.4) is 0 Å². The lowest BCUT2D eigenvalue weighted by atomic mass is 9.94. The van der Waals surface area contributed by atoms with Crippen molar-refractivity contribution >= 4 is 0 Å². The molecule has 106 valence electrons. The van der Waals surface area contributed by atoms with E-state index in [9.17, 15) is 0 Å². The fourth-order valence-electron chi connectivity index (χ4n) is 3.14. The van der Waals surface area contributed by atoms with Crippen molar-refractivity contribution in [3.8, 4) is 11.1 Å². The number of nitrogens with zero attached hydrogens (tertiary/aromatic N) is 2. The summed E-state index contributed by atoms with van der Waals surface area (Å²) in [5.74, 6) is 0. The summed E-state index contributed by atoms with van der Waals surface area (Å²) < 4.78 is 1.94. The molecular formula is C17H23N3. The number of aryl methyl sites for hydroxylation is 4. The van der Waals surface area contributed by atoms with Gasteiger partial charge < -0.3 is 5.32 Å². The third kappa shape index (κ3) is 2.27. The second-order valence-corrected chi connectivity index (χ2v) is 6.00. The highest BCUT2D eigenvalue weighted by Crippen LogP contribution is 2.34. The lowest BCUT2D eigenvalue weighted by Gasteiger charge is -2.13. The van der Waals surface area contributed by atoms with Crippen molar-refractivity contribution in [2.24, 2.45) is 7.05 Å². The Morgan fingerprint density at radius 1 is 1.10 bits per heavy atom. The molecule has 1 atom stereocenters. The van der Waals surface area contributed by atoms with Crippen molar-refractivity contribution in [1.82, 2.24) is 15.1 Å². The van der Waals surface area contributed by atoms with E-state index in [0.717, 1.165) is 6.54 Å². The normalized spacial score (nSPS) is 18.7. The van der Waals surface area contributed by atoms with Crippen LogP contribution in [0.15, 0.2) is 18.3 Å². The van der Waals surface area contributed by atoms with Gasteiger partial charge in [-0.2, -0.15) is 5.10 Å². The van der Waals surface area contributed by atoms with Gasteiger partial charge in [-0.3, -0.25) is 4.68 Å². The van der Waals surface area contributed by atoms with Crippen molar-refractivity contribution in [3.05, 3.63) is 40.7 Å². The first-order chi connectivity index (χ1) is 9.56. The molecule has 0 radical (unpaired) electrons. The van der Waals surface area contributed by atoms with Crippen LogP contribution in [0, 0.1) is 20.8 Å².